The molecule has 1 aromatic heterocycles. The number of alkyl halides is 3. The first-order valence-electron chi connectivity index (χ1n) is 12.9. The molecule has 0 radical (unpaired) electrons. The minimum atomic E-state index is -5.08. The third kappa shape index (κ3) is 6.53. The number of rotatable bonds is 6. The number of halogens is 4. The summed E-state index contributed by atoms with van der Waals surface area (Å²) in [7, 11) is 0. The molecule has 8 nitrogen and oxygen atoms in total. The smallest absolute Gasteiger partial charge is 0.475 e. The highest BCUT2D eigenvalue weighted by atomic mass is 35.5. The maximum Gasteiger partial charge on any atom is 0.490 e. The third-order valence-electron chi connectivity index (χ3n) is 7.40. The summed E-state index contributed by atoms with van der Waals surface area (Å²) in [6, 6.07) is 23.5. The minimum Gasteiger partial charge on any atom is -0.475 e. The van der Waals surface area contributed by atoms with E-state index in [1.54, 1.807) is 6.07 Å². The number of amides is 1. The average molecular weight is 586 g/mol. The highest BCUT2D eigenvalue weighted by Crippen LogP contribution is 2.33. The fourth-order valence-electron chi connectivity index (χ4n) is 5.41. The van der Waals surface area contributed by atoms with Gasteiger partial charge in [0.25, 0.3) is 5.91 Å². The number of carbonyl (C=O) groups is 2. The maximum atomic E-state index is 11.7. The van der Waals surface area contributed by atoms with Crippen LogP contribution in [-0.4, -0.2) is 67.9 Å². The average Bonchev–Trinajstić information content (AvgIpc) is 3.64. The Hall–Kier alpha value is -3.93. The Balaban J connectivity index is 0.000000431. The molecular weight excluding hydrogens is 559 g/mol. The van der Waals surface area contributed by atoms with Crippen LogP contribution < -0.4 is 5.73 Å². The molecular formula is C29H27ClF3N5O3. The van der Waals surface area contributed by atoms with Gasteiger partial charge in [0, 0.05) is 54.9 Å². The number of piperazine rings is 1. The molecule has 6 rings (SSSR count). The van der Waals surface area contributed by atoms with E-state index in [-0.39, 0.29) is 0 Å². The molecule has 4 aromatic rings. The first-order valence-corrected chi connectivity index (χ1v) is 13.3. The van der Waals surface area contributed by atoms with Crippen molar-refractivity contribution in [3.05, 3.63) is 94.6 Å². The van der Waals surface area contributed by atoms with Crippen LogP contribution in [0.2, 0.25) is 5.02 Å². The lowest BCUT2D eigenvalue weighted by atomic mass is 10.1. The van der Waals surface area contributed by atoms with Gasteiger partial charge >= 0.3 is 12.1 Å². The standard InChI is InChI=1S/C27H26ClN5O.C2HF3O2/c28-21-8-4-18(5-9-21)13-31-16-24-12-23(31)17-32(24)14-19-6-10-22(11-7-19)33-15-20-2-1-3-25(27(29)34)26(20)30-33;3-2(4,5)1(6)7/h1-11,15,23-24H,12-14,16-17H2,(H2,29,34);(H,6,7)/t23-,24-;/m0./s1. The van der Waals surface area contributed by atoms with Crippen molar-refractivity contribution in [3.8, 4) is 5.69 Å². The summed E-state index contributed by atoms with van der Waals surface area (Å²) in [6.07, 6.45) is -1.90. The normalized spacial score (nSPS) is 18.8. The van der Waals surface area contributed by atoms with Crippen molar-refractivity contribution < 1.29 is 27.9 Å². The number of primary amides is 1. The zero-order chi connectivity index (χ0) is 29.3. The first-order chi connectivity index (χ1) is 19.5. The number of hydrogen-bond acceptors (Lipinski definition) is 5. The van der Waals surface area contributed by atoms with Crippen LogP contribution in [0.5, 0.6) is 0 Å². The van der Waals surface area contributed by atoms with Gasteiger partial charge in [-0.3, -0.25) is 14.6 Å². The molecule has 2 bridgehead atoms. The van der Waals surface area contributed by atoms with Crippen LogP contribution in [0.4, 0.5) is 13.2 Å². The Morgan fingerprint density at radius 3 is 1.95 bits per heavy atom. The molecule has 1 amide bonds. The van der Waals surface area contributed by atoms with Gasteiger partial charge in [-0.1, -0.05) is 48.0 Å². The van der Waals surface area contributed by atoms with E-state index in [0.29, 0.717) is 23.2 Å². The number of nitrogens with zero attached hydrogens (tertiary/aromatic N) is 4. The molecule has 2 atom stereocenters. The predicted molar refractivity (Wildman–Crippen MR) is 148 cm³/mol. The SMILES string of the molecule is NC(=O)c1cccc2cn(-c3ccc(CN4C[C@@H]5C[C@H]4CN5Cc4ccc(Cl)cc4)cc3)nc12.O=C(O)C(F)(F)F. The Labute approximate surface area is 238 Å². The van der Waals surface area contributed by atoms with Crippen LogP contribution in [0, 0.1) is 0 Å². The van der Waals surface area contributed by atoms with Crippen LogP contribution in [-0.2, 0) is 17.9 Å². The lowest BCUT2D eigenvalue weighted by Gasteiger charge is -2.34. The first kappa shape index (κ1) is 28.6. The molecule has 3 heterocycles. The van der Waals surface area contributed by atoms with E-state index >= 15 is 0 Å². The second-order valence-electron chi connectivity index (χ2n) is 10.2. The molecule has 2 fully saturated rings. The van der Waals surface area contributed by atoms with Gasteiger partial charge in [0.2, 0.25) is 0 Å². The van der Waals surface area contributed by atoms with Crippen molar-refractivity contribution >= 4 is 34.4 Å². The number of nitrogens with two attached hydrogens (primary N) is 1. The van der Waals surface area contributed by atoms with E-state index in [9.17, 15) is 18.0 Å². The van der Waals surface area contributed by atoms with Gasteiger partial charge < -0.3 is 10.8 Å². The van der Waals surface area contributed by atoms with Gasteiger partial charge in [0.1, 0.15) is 5.52 Å². The van der Waals surface area contributed by atoms with Gasteiger partial charge in [-0.25, -0.2) is 9.48 Å². The number of hydrogen-bond donors (Lipinski definition) is 2. The minimum absolute atomic E-state index is 0.446. The van der Waals surface area contributed by atoms with Crippen molar-refractivity contribution in [1.82, 2.24) is 19.6 Å². The fourth-order valence-corrected chi connectivity index (χ4v) is 5.53. The molecule has 41 heavy (non-hydrogen) atoms. The van der Waals surface area contributed by atoms with Crippen molar-refractivity contribution in [1.29, 1.82) is 0 Å². The molecule has 0 saturated carbocycles. The zero-order valence-corrected chi connectivity index (χ0v) is 22.5. The lowest BCUT2D eigenvalue weighted by molar-refractivity contribution is -0.192. The van der Waals surface area contributed by atoms with Gasteiger partial charge in [-0.05, 0) is 47.9 Å². The number of aliphatic carboxylic acids is 1. The van der Waals surface area contributed by atoms with Crippen LogP contribution in [0.1, 0.15) is 27.9 Å². The molecule has 0 aliphatic carbocycles. The molecule has 3 aromatic carbocycles. The largest absolute Gasteiger partial charge is 0.490 e. The molecule has 2 aliphatic rings. The van der Waals surface area contributed by atoms with Gasteiger partial charge in [-0.15, -0.1) is 0 Å². The van der Waals surface area contributed by atoms with Crippen molar-refractivity contribution in [3.63, 3.8) is 0 Å². The summed E-state index contributed by atoms with van der Waals surface area (Å²) >= 11 is 6.03. The number of benzene rings is 3. The fraction of sp³-hybridized carbons (Fsp3) is 0.276. The lowest BCUT2D eigenvalue weighted by Crippen LogP contribution is -2.45. The maximum absolute atomic E-state index is 11.7. The van der Waals surface area contributed by atoms with E-state index in [4.69, 9.17) is 27.2 Å². The quantitative estimate of drug-likeness (QED) is 0.335. The highest BCUT2D eigenvalue weighted by molar-refractivity contribution is 6.30. The van der Waals surface area contributed by atoms with Crippen LogP contribution in [0.25, 0.3) is 16.6 Å². The van der Waals surface area contributed by atoms with E-state index in [0.717, 1.165) is 42.3 Å². The summed E-state index contributed by atoms with van der Waals surface area (Å²) < 4.78 is 33.5. The summed E-state index contributed by atoms with van der Waals surface area (Å²) in [5.74, 6) is -3.22. The van der Waals surface area contributed by atoms with E-state index in [1.807, 2.05) is 35.1 Å². The van der Waals surface area contributed by atoms with Crippen molar-refractivity contribution in [2.45, 2.75) is 37.8 Å². The van der Waals surface area contributed by atoms with E-state index in [1.165, 1.54) is 17.5 Å². The van der Waals surface area contributed by atoms with Gasteiger partial charge in [-0.2, -0.15) is 18.3 Å². The number of fused-ring (bicyclic) bond motifs is 3. The van der Waals surface area contributed by atoms with Crippen molar-refractivity contribution in [2.24, 2.45) is 5.73 Å². The van der Waals surface area contributed by atoms with Crippen LogP contribution >= 0.6 is 11.6 Å². The predicted octanol–water partition coefficient (Wildman–Crippen LogP) is 4.87. The van der Waals surface area contributed by atoms with E-state index < -0.39 is 18.1 Å². The van der Waals surface area contributed by atoms with Crippen LogP contribution in [0.3, 0.4) is 0 Å². The summed E-state index contributed by atoms with van der Waals surface area (Å²) in [5.41, 5.74) is 10.2. The molecule has 12 heteroatoms. The number of aromatic nitrogens is 2. The molecule has 3 N–H and O–H groups in total. The Morgan fingerprint density at radius 2 is 1.46 bits per heavy atom. The Kier molecular flexibility index (Phi) is 8.03. The number of carboxylic acid groups (broad SMARTS) is 1. The Bertz CT molecular complexity index is 1560. The molecule has 2 aliphatic heterocycles. The highest BCUT2D eigenvalue weighted by Gasteiger charge is 2.42. The Morgan fingerprint density at radius 1 is 0.927 bits per heavy atom. The van der Waals surface area contributed by atoms with Gasteiger partial charge in [0.15, 0.2) is 0 Å². The molecule has 0 spiro atoms. The molecule has 0 unspecified atom stereocenters. The second kappa shape index (κ2) is 11.5. The van der Waals surface area contributed by atoms with Crippen LogP contribution in [0.15, 0.2) is 72.9 Å². The van der Waals surface area contributed by atoms with E-state index in [2.05, 4.69) is 51.3 Å². The summed E-state index contributed by atoms with van der Waals surface area (Å²) in [6.45, 7) is 4.19. The molecule has 2 saturated heterocycles. The third-order valence-corrected chi connectivity index (χ3v) is 7.65. The summed E-state index contributed by atoms with van der Waals surface area (Å²) in [4.78, 5) is 25.8. The topological polar surface area (TPSA) is 105 Å². The molecule has 214 valence electrons. The van der Waals surface area contributed by atoms with Crippen molar-refractivity contribution in [2.75, 3.05) is 13.1 Å². The van der Waals surface area contributed by atoms with Gasteiger partial charge in [0.05, 0.1) is 11.3 Å². The monoisotopic (exact) mass is 585 g/mol. The second-order valence-corrected chi connectivity index (χ2v) is 10.6. The summed E-state index contributed by atoms with van der Waals surface area (Å²) in [5, 5.41) is 13.4. The number of carbonyl (C=O) groups excluding carboxylic acids is 1. The number of carboxylic acids is 1. The number of likely N-dealkylation sites (tertiary alicyclic amines) is 2. The zero-order valence-electron chi connectivity index (χ0n) is 21.8.